The maximum absolute atomic E-state index is 10.7. The SMILES string of the molecule is COc1nc2cc(C(=O)O)sc2cc1Br. The molecule has 4 nitrogen and oxygen atoms in total. The number of nitrogens with zero attached hydrogens (tertiary/aromatic N) is 1. The van der Waals surface area contributed by atoms with Crippen LogP contribution in [0.3, 0.4) is 0 Å². The minimum atomic E-state index is -0.937. The zero-order valence-electron chi connectivity index (χ0n) is 7.65. The van der Waals surface area contributed by atoms with Crippen molar-refractivity contribution in [2.24, 2.45) is 0 Å². The van der Waals surface area contributed by atoms with Gasteiger partial charge in [-0.3, -0.25) is 0 Å². The lowest BCUT2D eigenvalue weighted by molar-refractivity contribution is 0.0702. The van der Waals surface area contributed by atoms with Crippen LogP contribution >= 0.6 is 27.3 Å². The molecule has 0 aromatic carbocycles. The average molecular weight is 288 g/mol. The van der Waals surface area contributed by atoms with Gasteiger partial charge in [0.15, 0.2) is 0 Å². The van der Waals surface area contributed by atoms with Gasteiger partial charge in [-0.1, -0.05) is 0 Å². The fraction of sp³-hybridized carbons (Fsp3) is 0.111. The maximum Gasteiger partial charge on any atom is 0.345 e. The number of aromatic carboxylic acids is 1. The van der Waals surface area contributed by atoms with Gasteiger partial charge in [0, 0.05) is 0 Å². The molecule has 0 amide bonds. The number of carboxylic acids is 1. The van der Waals surface area contributed by atoms with E-state index in [1.807, 2.05) is 0 Å². The fourth-order valence-electron chi connectivity index (χ4n) is 1.17. The molecule has 1 N–H and O–H groups in total. The van der Waals surface area contributed by atoms with Crippen molar-refractivity contribution in [2.45, 2.75) is 0 Å². The summed E-state index contributed by atoms with van der Waals surface area (Å²) in [7, 11) is 1.52. The van der Waals surface area contributed by atoms with Crippen LogP contribution in [-0.2, 0) is 0 Å². The first-order valence-corrected chi connectivity index (χ1v) is 5.60. The molecule has 15 heavy (non-hydrogen) atoms. The largest absolute Gasteiger partial charge is 0.480 e. The normalized spacial score (nSPS) is 10.5. The van der Waals surface area contributed by atoms with E-state index in [-0.39, 0.29) is 4.88 Å². The number of hydrogen-bond acceptors (Lipinski definition) is 4. The van der Waals surface area contributed by atoms with Gasteiger partial charge in [-0.15, -0.1) is 11.3 Å². The number of carboxylic acid groups (broad SMARTS) is 1. The topological polar surface area (TPSA) is 59.4 Å². The quantitative estimate of drug-likeness (QED) is 0.923. The molecule has 2 aromatic rings. The van der Waals surface area contributed by atoms with E-state index in [0.717, 1.165) is 9.17 Å². The molecular weight excluding hydrogens is 282 g/mol. The third-order valence-corrected chi connectivity index (χ3v) is 3.46. The van der Waals surface area contributed by atoms with E-state index in [1.54, 1.807) is 6.07 Å². The molecule has 2 rings (SSSR count). The van der Waals surface area contributed by atoms with Crippen LogP contribution in [0.1, 0.15) is 9.67 Å². The number of ether oxygens (including phenoxy) is 1. The Hall–Kier alpha value is -1.14. The Morgan fingerprint density at radius 3 is 2.93 bits per heavy atom. The first-order valence-electron chi connectivity index (χ1n) is 3.99. The number of pyridine rings is 1. The van der Waals surface area contributed by atoms with Crippen molar-refractivity contribution in [3.63, 3.8) is 0 Å². The van der Waals surface area contributed by atoms with E-state index >= 15 is 0 Å². The second-order valence-electron chi connectivity index (χ2n) is 2.78. The lowest BCUT2D eigenvalue weighted by Gasteiger charge is -2.00. The molecule has 0 unspecified atom stereocenters. The van der Waals surface area contributed by atoms with Crippen LogP contribution in [0.25, 0.3) is 10.2 Å². The summed E-state index contributed by atoms with van der Waals surface area (Å²) < 4.78 is 6.56. The molecular formula is C9H6BrNO3S. The Bertz CT molecular complexity index is 537. The predicted molar refractivity (Wildman–Crippen MR) is 60.8 cm³/mol. The monoisotopic (exact) mass is 287 g/mol. The molecule has 2 heterocycles. The third kappa shape index (κ3) is 1.82. The van der Waals surface area contributed by atoms with Crippen molar-refractivity contribution in [3.8, 4) is 5.88 Å². The molecule has 2 aromatic heterocycles. The van der Waals surface area contributed by atoms with Gasteiger partial charge in [-0.2, -0.15) is 0 Å². The molecule has 0 atom stereocenters. The Kier molecular flexibility index (Phi) is 2.62. The zero-order chi connectivity index (χ0) is 11.0. The van der Waals surface area contributed by atoms with Gasteiger partial charge in [0.2, 0.25) is 5.88 Å². The first kappa shape index (κ1) is 10.4. The molecule has 0 radical (unpaired) electrons. The molecule has 0 fully saturated rings. The first-order chi connectivity index (χ1) is 7.11. The average Bonchev–Trinajstić information content (AvgIpc) is 2.59. The number of thiophene rings is 1. The van der Waals surface area contributed by atoms with Crippen molar-refractivity contribution < 1.29 is 14.6 Å². The highest BCUT2D eigenvalue weighted by molar-refractivity contribution is 9.10. The van der Waals surface area contributed by atoms with E-state index < -0.39 is 5.97 Å². The highest BCUT2D eigenvalue weighted by Gasteiger charge is 2.12. The molecule has 0 bridgehead atoms. The molecule has 0 aliphatic heterocycles. The highest BCUT2D eigenvalue weighted by Crippen LogP contribution is 2.31. The number of methoxy groups -OCH3 is 1. The van der Waals surface area contributed by atoms with Crippen LogP contribution < -0.4 is 4.74 Å². The summed E-state index contributed by atoms with van der Waals surface area (Å²) in [5.41, 5.74) is 0.637. The number of hydrogen-bond donors (Lipinski definition) is 1. The standard InChI is InChI=1S/C9H6BrNO3S/c1-14-8-4(10)2-6-5(11-8)3-7(15-6)9(12)13/h2-3H,1H3,(H,12,13). The van der Waals surface area contributed by atoms with Gasteiger partial charge in [-0.25, -0.2) is 9.78 Å². The van der Waals surface area contributed by atoms with Crippen LogP contribution in [0.5, 0.6) is 5.88 Å². The van der Waals surface area contributed by atoms with Crippen LogP contribution in [0.15, 0.2) is 16.6 Å². The Morgan fingerprint density at radius 1 is 1.60 bits per heavy atom. The van der Waals surface area contributed by atoms with Gasteiger partial charge in [0.25, 0.3) is 0 Å². The molecule has 6 heteroatoms. The molecule has 0 aliphatic carbocycles. The Labute approximate surface area is 97.6 Å². The summed E-state index contributed by atoms with van der Waals surface area (Å²) in [6.45, 7) is 0. The summed E-state index contributed by atoms with van der Waals surface area (Å²) in [5, 5.41) is 8.82. The molecule has 0 saturated carbocycles. The van der Waals surface area contributed by atoms with E-state index in [9.17, 15) is 4.79 Å². The third-order valence-electron chi connectivity index (χ3n) is 1.83. The minimum absolute atomic E-state index is 0.276. The number of fused-ring (bicyclic) bond motifs is 1. The number of carbonyl (C=O) groups is 1. The van der Waals surface area contributed by atoms with E-state index in [0.29, 0.717) is 11.4 Å². The van der Waals surface area contributed by atoms with Gasteiger partial charge >= 0.3 is 5.97 Å². The summed E-state index contributed by atoms with van der Waals surface area (Å²) in [4.78, 5) is 15.2. The Morgan fingerprint density at radius 2 is 2.33 bits per heavy atom. The summed E-state index contributed by atoms with van der Waals surface area (Å²) in [6.07, 6.45) is 0. The second kappa shape index (κ2) is 3.79. The zero-order valence-corrected chi connectivity index (χ0v) is 10.1. The fourth-order valence-corrected chi connectivity index (χ4v) is 2.69. The maximum atomic E-state index is 10.7. The van der Waals surface area contributed by atoms with E-state index in [1.165, 1.54) is 24.5 Å². The highest BCUT2D eigenvalue weighted by atomic mass is 79.9. The number of rotatable bonds is 2. The van der Waals surface area contributed by atoms with E-state index in [4.69, 9.17) is 9.84 Å². The minimum Gasteiger partial charge on any atom is -0.480 e. The molecule has 78 valence electrons. The van der Waals surface area contributed by atoms with Crippen molar-refractivity contribution >= 4 is 43.5 Å². The summed E-state index contributed by atoms with van der Waals surface area (Å²) in [5.74, 6) is -0.481. The van der Waals surface area contributed by atoms with Crippen molar-refractivity contribution in [2.75, 3.05) is 7.11 Å². The van der Waals surface area contributed by atoms with Crippen molar-refractivity contribution in [1.82, 2.24) is 4.98 Å². The van der Waals surface area contributed by atoms with Crippen LogP contribution in [0.4, 0.5) is 0 Å². The van der Waals surface area contributed by atoms with Crippen molar-refractivity contribution in [1.29, 1.82) is 0 Å². The van der Waals surface area contributed by atoms with Gasteiger partial charge < -0.3 is 9.84 Å². The lowest BCUT2D eigenvalue weighted by atomic mass is 10.3. The lowest BCUT2D eigenvalue weighted by Crippen LogP contribution is -1.90. The van der Waals surface area contributed by atoms with Crippen LogP contribution in [0.2, 0.25) is 0 Å². The van der Waals surface area contributed by atoms with Gasteiger partial charge in [0.05, 0.1) is 21.8 Å². The van der Waals surface area contributed by atoms with Gasteiger partial charge in [-0.05, 0) is 28.1 Å². The molecule has 0 aliphatic rings. The molecule has 0 saturated heterocycles. The van der Waals surface area contributed by atoms with Crippen molar-refractivity contribution in [3.05, 3.63) is 21.5 Å². The number of halogens is 1. The van der Waals surface area contributed by atoms with Crippen LogP contribution in [-0.4, -0.2) is 23.2 Å². The molecule has 0 spiro atoms. The summed E-state index contributed by atoms with van der Waals surface area (Å²) >= 11 is 4.49. The Balaban J connectivity index is 2.66. The second-order valence-corrected chi connectivity index (χ2v) is 4.72. The van der Waals surface area contributed by atoms with Gasteiger partial charge in [0.1, 0.15) is 4.88 Å². The summed E-state index contributed by atoms with van der Waals surface area (Å²) in [6, 6.07) is 3.34. The van der Waals surface area contributed by atoms with Crippen LogP contribution in [0, 0.1) is 0 Å². The predicted octanol–water partition coefficient (Wildman–Crippen LogP) is 2.77. The number of aromatic nitrogens is 1. The smallest absolute Gasteiger partial charge is 0.345 e. The van der Waals surface area contributed by atoms with E-state index in [2.05, 4.69) is 20.9 Å².